The Bertz CT molecular complexity index is 562. The lowest BCUT2D eigenvalue weighted by atomic mass is 10.2. The van der Waals surface area contributed by atoms with E-state index in [-0.39, 0.29) is 17.6 Å². The van der Waals surface area contributed by atoms with Gasteiger partial charge < -0.3 is 5.32 Å². The highest BCUT2D eigenvalue weighted by molar-refractivity contribution is 7.98. The van der Waals surface area contributed by atoms with E-state index in [0.29, 0.717) is 5.82 Å². The largest absolute Gasteiger partial charge is 0.319 e. The monoisotopic (exact) mass is 276 g/mol. The Morgan fingerprint density at radius 1 is 1.32 bits per heavy atom. The molecule has 1 amide bonds. The summed E-state index contributed by atoms with van der Waals surface area (Å²) in [5.41, 5.74) is 0.735. The van der Waals surface area contributed by atoms with E-state index in [1.54, 1.807) is 11.8 Å². The van der Waals surface area contributed by atoms with Crippen LogP contribution in [-0.4, -0.2) is 27.3 Å². The maximum absolute atomic E-state index is 11.9. The molecule has 0 unspecified atom stereocenters. The van der Waals surface area contributed by atoms with Gasteiger partial charge >= 0.3 is 0 Å². The highest BCUT2D eigenvalue weighted by atomic mass is 32.2. The minimum absolute atomic E-state index is 0.164. The number of hydrogen-bond donors (Lipinski definition) is 2. The molecule has 0 saturated heterocycles. The second-order valence-corrected chi connectivity index (χ2v) is 5.26. The van der Waals surface area contributed by atoms with E-state index in [1.165, 1.54) is 0 Å². The van der Waals surface area contributed by atoms with Crippen molar-refractivity contribution >= 4 is 23.4 Å². The number of H-pyrrole nitrogens is 1. The van der Waals surface area contributed by atoms with Crippen LogP contribution in [0.1, 0.15) is 36.2 Å². The first-order valence-corrected chi connectivity index (χ1v) is 7.20. The number of amides is 1. The van der Waals surface area contributed by atoms with E-state index >= 15 is 0 Å². The Balaban J connectivity index is 2.06. The van der Waals surface area contributed by atoms with Gasteiger partial charge in [0.2, 0.25) is 5.82 Å². The van der Waals surface area contributed by atoms with Crippen molar-refractivity contribution in [3.8, 4) is 0 Å². The first-order chi connectivity index (χ1) is 9.10. The summed E-state index contributed by atoms with van der Waals surface area (Å²) in [4.78, 5) is 17.3. The Labute approximate surface area is 116 Å². The Kier molecular flexibility index (Phi) is 4.21. The zero-order chi connectivity index (χ0) is 13.8. The van der Waals surface area contributed by atoms with Crippen LogP contribution in [0.25, 0.3) is 0 Å². The van der Waals surface area contributed by atoms with Gasteiger partial charge in [0.15, 0.2) is 0 Å². The predicted molar refractivity (Wildman–Crippen MR) is 76.6 cm³/mol. The molecule has 2 N–H and O–H groups in total. The fraction of sp³-hybridized carbons (Fsp3) is 0.308. The molecule has 0 aliphatic heterocycles. The first-order valence-electron chi connectivity index (χ1n) is 5.98. The van der Waals surface area contributed by atoms with E-state index < -0.39 is 0 Å². The van der Waals surface area contributed by atoms with Crippen LogP contribution in [0.15, 0.2) is 29.2 Å². The van der Waals surface area contributed by atoms with Crippen molar-refractivity contribution in [2.45, 2.75) is 24.7 Å². The first kappa shape index (κ1) is 13.6. The molecule has 1 aromatic carbocycles. The van der Waals surface area contributed by atoms with Gasteiger partial charge in [0, 0.05) is 16.5 Å². The third kappa shape index (κ3) is 3.35. The minimum atomic E-state index is -0.306. The van der Waals surface area contributed by atoms with E-state index in [1.807, 2.05) is 44.4 Å². The molecule has 0 radical (unpaired) electrons. The second-order valence-electron chi connectivity index (χ2n) is 4.38. The number of carbonyl (C=O) groups is 1. The highest BCUT2D eigenvalue weighted by Gasteiger charge is 2.14. The predicted octanol–water partition coefficient (Wildman–Crippen LogP) is 2.90. The molecule has 0 saturated carbocycles. The molecule has 0 fully saturated rings. The third-order valence-electron chi connectivity index (χ3n) is 2.60. The van der Waals surface area contributed by atoms with Crippen LogP contribution in [0.3, 0.4) is 0 Å². The van der Waals surface area contributed by atoms with Crippen molar-refractivity contribution in [3.63, 3.8) is 0 Å². The van der Waals surface area contributed by atoms with E-state index in [9.17, 15) is 4.79 Å². The van der Waals surface area contributed by atoms with Crippen molar-refractivity contribution in [1.82, 2.24) is 15.2 Å². The molecule has 1 aromatic heterocycles. The fourth-order valence-electron chi connectivity index (χ4n) is 1.50. The summed E-state index contributed by atoms with van der Waals surface area (Å²) in [6, 6.07) is 7.63. The number of nitrogens with one attached hydrogen (secondary N) is 2. The van der Waals surface area contributed by atoms with Crippen molar-refractivity contribution < 1.29 is 4.79 Å². The lowest BCUT2D eigenvalue weighted by Crippen LogP contribution is -2.13. The second kappa shape index (κ2) is 5.88. The summed E-state index contributed by atoms with van der Waals surface area (Å²) in [5, 5.41) is 9.45. The molecular weight excluding hydrogens is 260 g/mol. The van der Waals surface area contributed by atoms with Gasteiger partial charge in [-0.2, -0.15) is 0 Å². The molecule has 2 aromatic rings. The molecule has 5 nitrogen and oxygen atoms in total. The summed E-state index contributed by atoms with van der Waals surface area (Å²) < 4.78 is 0. The average Bonchev–Trinajstić information content (AvgIpc) is 2.89. The number of hydrogen-bond acceptors (Lipinski definition) is 4. The van der Waals surface area contributed by atoms with Crippen LogP contribution in [0.4, 0.5) is 5.69 Å². The molecule has 6 heteroatoms. The van der Waals surface area contributed by atoms with Crippen LogP contribution >= 0.6 is 11.8 Å². The lowest BCUT2D eigenvalue weighted by molar-refractivity contribution is 0.101. The van der Waals surface area contributed by atoms with Gasteiger partial charge in [-0.15, -0.1) is 16.9 Å². The third-order valence-corrected chi connectivity index (χ3v) is 3.34. The van der Waals surface area contributed by atoms with Gasteiger partial charge in [-0.1, -0.05) is 13.8 Å². The molecule has 100 valence electrons. The van der Waals surface area contributed by atoms with Crippen molar-refractivity contribution in [1.29, 1.82) is 0 Å². The molecule has 0 spiro atoms. The quantitative estimate of drug-likeness (QED) is 0.842. The topological polar surface area (TPSA) is 70.7 Å². The molecule has 2 rings (SSSR count). The van der Waals surface area contributed by atoms with Gasteiger partial charge in [-0.05, 0) is 30.5 Å². The SMILES string of the molecule is CSc1ccc(NC(=O)c2n[nH]c(C(C)C)n2)cc1. The summed E-state index contributed by atoms with van der Waals surface area (Å²) in [6.07, 6.45) is 2.01. The molecule has 0 aliphatic carbocycles. The number of rotatable bonds is 4. The summed E-state index contributed by atoms with van der Waals surface area (Å²) in [7, 11) is 0. The maximum atomic E-state index is 11.9. The van der Waals surface area contributed by atoms with Gasteiger partial charge in [0.1, 0.15) is 5.82 Å². The Morgan fingerprint density at radius 2 is 2.00 bits per heavy atom. The lowest BCUT2D eigenvalue weighted by Gasteiger charge is -2.03. The molecule has 0 atom stereocenters. The van der Waals surface area contributed by atoms with E-state index in [2.05, 4.69) is 20.5 Å². The maximum Gasteiger partial charge on any atom is 0.295 e. The molecule has 0 bridgehead atoms. The number of benzene rings is 1. The van der Waals surface area contributed by atoms with Crippen molar-refractivity contribution in [2.75, 3.05) is 11.6 Å². The van der Waals surface area contributed by atoms with Gasteiger partial charge in [0.25, 0.3) is 5.91 Å². The highest BCUT2D eigenvalue weighted by Crippen LogP contribution is 2.17. The number of thioether (sulfide) groups is 1. The normalized spacial score (nSPS) is 10.7. The summed E-state index contributed by atoms with van der Waals surface area (Å²) >= 11 is 1.66. The van der Waals surface area contributed by atoms with Crippen LogP contribution in [0.5, 0.6) is 0 Å². The smallest absolute Gasteiger partial charge is 0.295 e. The number of aromatic amines is 1. The van der Waals surface area contributed by atoms with Crippen LogP contribution in [0.2, 0.25) is 0 Å². The van der Waals surface area contributed by atoms with Crippen LogP contribution in [-0.2, 0) is 0 Å². The number of aromatic nitrogens is 3. The summed E-state index contributed by atoms with van der Waals surface area (Å²) in [5.74, 6) is 0.787. The Hall–Kier alpha value is -1.82. The van der Waals surface area contributed by atoms with Gasteiger partial charge in [-0.3, -0.25) is 9.89 Å². The standard InChI is InChI=1S/C13H16N4OS/c1-8(2)11-15-12(17-16-11)13(18)14-9-4-6-10(19-3)7-5-9/h4-8H,1-3H3,(H,14,18)(H,15,16,17). The van der Waals surface area contributed by atoms with E-state index in [0.717, 1.165) is 10.6 Å². The number of carbonyl (C=O) groups excluding carboxylic acids is 1. The van der Waals surface area contributed by atoms with Gasteiger partial charge in [0.05, 0.1) is 0 Å². The fourth-order valence-corrected chi connectivity index (χ4v) is 1.90. The van der Waals surface area contributed by atoms with Crippen molar-refractivity contribution in [2.24, 2.45) is 0 Å². The minimum Gasteiger partial charge on any atom is -0.319 e. The van der Waals surface area contributed by atoms with Crippen LogP contribution in [0, 0.1) is 0 Å². The van der Waals surface area contributed by atoms with Crippen molar-refractivity contribution in [3.05, 3.63) is 35.9 Å². The molecule has 19 heavy (non-hydrogen) atoms. The Morgan fingerprint density at radius 3 is 2.53 bits per heavy atom. The number of anilines is 1. The number of nitrogens with zero attached hydrogens (tertiary/aromatic N) is 2. The van der Waals surface area contributed by atoms with E-state index in [4.69, 9.17) is 0 Å². The summed E-state index contributed by atoms with van der Waals surface area (Å²) in [6.45, 7) is 3.98. The van der Waals surface area contributed by atoms with Gasteiger partial charge in [-0.25, -0.2) is 4.98 Å². The molecule has 0 aliphatic rings. The average molecular weight is 276 g/mol. The molecular formula is C13H16N4OS. The molecule has 1 heterocycles. The van der Waals surface area contributed by atoms with Crippen LogP contribution < -0.4 is 5.32 Å². The zero-order valence-electron chi connectivity index (χ0n) is 11.1. The zero-order valence-corrected chi connectivity index (χ0v) is 11.9.